The molecule has 0 unspecified atom stereocenters. The van der Waals surface area contributed by atoms with Crippen molar-refractivity contribution in [2.75, 3.05) is 27.9 Å². The Bertz CT molecular complexity index is 909. The number of methoxy groups -OCH3 is 3. The zero-order valence-electron chi connectivity index (χ0n) is 14.2. The van der Waals surface area contributed by atoms with Crippen molar-refractivity contribution >= 4 is 37.6 Å². The molecule has 132 valence electrons. The molecule has 8 heteroatoms. The number of rotatable bonds is 7. The van der Waals surface area contributed by atoms with Crippen LogP contribution in [0.15, 0.2) is 18.5 Å². The summed E-state index contributed by atoms with van der Waals surface area (Å²) in [5, 5.41) is 0.958. The highest BCUT2D eigenvalue weighted by atomic mass is 32.1. The van der Waals surface area contributed by atoms with E-state index >= 15 is 0 Å². The topological polar surface area (TPSA) is 79.8 Å². The smallest absolute Gasteiger partial charge is 0.305 e. The second kappa shape index (κ2) is 7.52. The molecule has 0 saturated carbocycles. The van der Waals surface area contributed by atoms with Gasteiger partial charge in [-0.15, -0.1) is 11.3 Å². The van der Waals surface area contributed by atoms with E-state index in [1.807, 2.05) is 12.1 Å². The van der Waals surface area contributed by atoms with Gasteiger partial charge in [-0.05, 0) is 12.5 Å². The van der Waals surface area contributed by atoms with E-state index in [4.69, 9.17) is 14.2 Å². The first kappa shape index (κ1) is 17.2. The number of fused-ring (bicyclic) bond motifs is 3. The molecule has 0 bridgehead atoms. The maximum atomic E-state index is 11.1. The van der Waals surface area contributed by atoms with Crippen LogP contribution in [0.5, 0.6) is 17.4 Å². The maximum Gasteiger partial charge on any atom is 0.305 e. The number of ether oxygens (including phenoxy) is 4. The summed E-state index contributed by atoms with van der Waals surface area (Å²) in [7, 11) is 4.58. The quantitative estimate of drug-likeness (QED) is 0.472. The predicted octanol–water partition coefficient (Wildman–Crippen LogP) is 3.19. The molecule has 3 aromatic rings. The first-order valence-corrected chi connectivity index (χ1v) is 8.48. The van der Waals surface area contributed by atoms with Crippen LogP contribution in [0.4, 0.5) is 0 Å². The number of carbonyl (C=O) groups is 1. The van der Waals surface area contributed by atoms with Crippen molar-refractivity contribution in [3.05, 3.63) is 18.5 Å². The largest absolute Gasteiger partial charge is 0.493 e. The van der Waals surface area contributed by atoms with E-state index in [0.717, 1.165) is 20.3 Å². The van der Waals surface area contributed by atoms with E-state index < -0.39 is 0 Å². The van der Waals surface area contributed by atoms with Gasteiger partial charge in [-0.25, -0.2) is 9.97 Å². The van der Waals surface area contributed by atoms with Crippen molar-refractivity contribution in [2.24, 2.45) is 0 Å². The third-order valence-electron chi connectivity index (χ3n) is 3.72. The lowest BCUT2D eigenvalue weighted by molar-refractivity contribution is -0.140. The Morgan fingerprint density at radius 1 is 1.12 bits per heavy atom. The van der Waals surface area contributed by atoms with Gasteiger partial charge >= 0.3 is 5.97 Å². The van der Waals surface area contributed by atoms with Gasteiger partial charge < -0.3 is 18.9 Å². The molecule has 0 radical (unpaired) electrons. The van der Waals surface area contributed by atoms with Gasteiger partial charge in [0, 0.05) is 22.6 Å². The van der Waals surface area contributed by atoms with Crippen LogP contribution in [0.1, 0.15) is 12.8 Å². The van der Waals surface area contributed by atoms with Crippen LogP contribution in [-0.4, -0.2) is 43.9 Å². The van der Waals surface area contributed by atoms with Gasteiger partial charge in [0.2, 0.25) is 5.88 Å². The second-order valence-corrected chi connectivity index (χ2v) is 6.24. The minimum absolute atomic E-state index is 0.252. The fourth-order valence-electron chi connectivity index (χ4n) is 2.47. The van der Waals surface area contributed by atoms with Crippen molar-refractivity contribution in [1.29, 1.82) is 0 Å². The molecular formula is C17H18N2O5S. The second-order valence-electron chi connectivity index (χ2n) is 5.19. The zero-order chi connectivity index (χ0) is 17.8. The molecule has 7 nitrogen and oxygen atoms in total. The lowest BCUT2D eigenvalue weighted by atomic mass is 10.2. The summed E-state index contributed by atoms with van der Waals surface area (Å²) in [6, 6.07) is 3.82. The van der Waals surface area contributed by atoms with Gasteiger partial charge in [-0.1, -0.05) is 0 Å². The average molecular weight is 362 g/mol. The van der Waals surface area contributed by atoms with Crippen LogP contribution >= 0.6 is 11.3 Å². The van der Waals surface area contributed by atoms with Crippen molar-refractivity contribution in [1.82, 2.24) is 9.97 Å². The van der Waals surface area contributed by atoms with Crippen LogP contribution in [-0.2, 0) is 9.53 Å². The van der Waals surface area contributed by atoms with E-state index in [-0.39, 0.29) is 5.97 Å². The van der Waals surface area contributed by atoms with Crippen molar-refractivity contribution in [3.8, 4) is 17.4 Å². The molecule has 0 N–H and O–H groups in total. The highest BCUT2D eigenvalue weighted by Gasteiger charge is 2.16. The summed E-state index contributed by atoms with van der Waals surface area (Å²) < 4.78 is 22.9. The predicted molar refractivity (Wildman–Crippen MR) is 94.8 cm³/mol. The Labute approximate surface area is 148 Å². The van der Waals surface area contributed by atoms with E-state index in [1.165, 1.54) is 24.8 Å². The minimum atomic E-state index is -0.252. The number of hydrogen-bond acceptors (Lipinski definition) is 8. The van der Waals surface area contributed by atoms with Crippen LogP contribution in [0.2, 0.25) is 0 Å². The molecule has 1 aromatic carbocycles. The number of esters is 1. The SMILES string of the molecule is COC(=O)CCCOc1ncnc2c1sc1cc(OC)c(OC)cc12. The molecule has 25 heavy (non-hydrogen) atoms. The summed E-state index contributed by atoms with van der Waals surface area (Å²) in [6.45, 7) is 0.377. The van der Waals surface area contributed by atoms with Gasteiger partial charge in [-0.2, -0.15) is 0 Å². The number of aromatic nitrogens is 2. The fraction of sp³-hybridized carbons (Fsp3) is 0.353. The molecule has 3 rings (SSSR count). The summed E-state index contributed by atoms with van der Waals surface area (Å²) in [5.74, 6) is 1.57. The third-order valence-corrected chi connectivity index (χ3v) is 4.85. The summed E-state index contributed by atoms with van der Waals surface area (Å²) in [5.41, 5.74) is 0.805. The molecule has 0 fully saturated rings. The van der Waals surface area contributed by atoms with E-state index in [0.29, 0.717) is 36.8 Å². The Hall–Kier alpha value is -2.61. The molecule has 0 atom stereocenters. The molecule has 0 amide bonds. The minimum Gasteiger partial charge on any atom is -0.493 e. The normalized spacial score (nSPS) is 10.8. The number of nitrogens with zero attached hydrogens (tertiary/aromatic N) is 2. The van der Waals surface area contributed by atoms with Gasteiger partial charge in [0.25, 0.3) is 0 Å². The zero-order valence-corrected chi connectivity index (χ0v) is 15.0. The van der Waals surface area contributed by atoms with Gasteiger partial charge in [0.15, 0.2) is 11.5 Å². The molecule has 0 saturated heterocycles. The number of thiophene rings is 1. The molecule has 2 heterocycles. The Morgan fingerprint density at radius 3 is 2.60 bits per heavy atom. The van der Waals surface area contributed by atoms with Crippen LogP contribution < -0.4 is 14.2 Å². The molecule has 0 aliphatic heterocycles. The number of benzene rings is 1. The van der Waals surface area contributed by atoms with Crippen LogP contribution in [0.3, 0.4) is 0 Å². The monoisotopic (exact) mass is 362 g/mol. The summed E-state index contributed by atoms with van der Waals surface area (Å²) in [4.78, 5) is 19.8. The lowest BCUT2D eigenvalue weighted by Gasteiger charge is -2.07. The van der Waals surface area contributed by atoms with Gasteiger partial charge in [-0.3, -0.25) is 4.79 Å². The molecular weight excluding hydrogens is 344 g/mol. The average Bonchev–Trinajstić information content (AvgIpc) is 3.01. The van der Waals surface area contributed by atoms with E-state index in [2.05, 4.69) is 14.7 Å². The maximum absolute atomic E-state index is 11.1. The van der Waals surface area contributed by atoms with Gasteiger partial charge in [0.05, 0.1) is 33.5 Å². The molecule has 2 aromatic heterocycles. The standard InChI is InChI=1S/C17H18N2O5S/c1-21-11-7-10-13(8-12(11)22-2)25-16-15(10)18-9-19-17(16)24-6-4-5-14(20)23-3/h7-9H,4-6H2,1-3H3. The van der Waals surface area contributed by atoms with E-state index in [9.17, 15) is 4.79 Å². The highest BCUT2D eigenvalue weighted by molar-refractivity contribution is 7.26. The van der Waals surface area contributed by atoms with Crippen molar-refractivity contribution in [3.63, 3.8) is 0 Å². The van der Waals surface area contributed by atoms with Crippen LogP contribution in [0, 0.1) is 0 Å². The molecule has 0 spiro atoms. The number of carbonyl (C=O) groups excluding carboxylic acids is 1. The Morgan fingerprint density at radius 2 is 1.88 bits per heavy atom. The molecule has 0 aliphatic rings. The van der Waals surface area contributed by atoms with Crippen LogP contribution in [0.25, 0.3) is 20.3 Å². The van der Waals surface area contributed by atoms with E-state index in [1.54, 1.807) is 14.2 Å². The first-order valence-electron chi connectivity index (χ1n) is 7.66. The lowest BCUT2D eigenvalue weighted by Crippen LogP contribution is -2.05. The molecule has 0 aliphatic carbocycles. The van der Waals surface area contributed by atoms with Crippen molar-refractivity contribution in [2.45, 2.75) is 12.8 Å². The Balaban J connectivity index is 1.91. The first-order chi connectivity index (χ1) is 12.2. The Kier molecular flexibility index (Phi) is 5.18. The summed E-state index contributed by atoms with van der Waals surface area (Å²) in [6.07, 6.45) is 2.34. The van der Waals surface area contributed by atoms with Crippen molar-refractivity contribution < 1.29 is 23.7 Å². The highest BCUT2D eigenvalue weighted by Crippen LogP contribution is 2.42. The fourth-order valence-corrected chi connectivity index (χ4v) is 3.58. The summed E-state index contributed by atoms with van der Waals surface area (Å²) >= 11 is 1.53. The third kappa shape index (κ3) is 3.43. The number of hydrogen-bond donors (Lipinski definition) is 0. The van der Waals surface area contributed by atoms with Gasteiger partial charge in [0.1, 0.15) is 11.0 Å².